The van der Waals surface area contributed by atoms with Crippen molar-refractivity contribution >= 4 is 33.4 Å². The van der Waals surface area contributed by atoms with E-state index in [1.165, 1.54) is 12.1 Å². The number of hydrogen-bond acceptors (Lipinski definition) is 2. The lowest BCUT2D eigenvalue weighted by Gasteiger charge is -2.36. The van der Waals surface area contributed by atoms with Gasteiger partial charge in [-0.05, 0) is 54.4 Å². The summed E-state index contributed by atoms with van der Waals surface area (Å²) in [5, 5.41) is 11.4. The predicted octanol–water partition coefficient (Wildman–Crippen LogP) is 4.80. The number of benzene rings is 2. The molecule has 0 fully saturated rings. The highest BCUT2D eigenvalue weighted by molar-refractivity contribution is 9.10. The van der Waals surface area contributed by atoms with Crippen molar-refractivity contribution in [3.63, 3.8) is 0 Å². The maximum absolute atomic E-state index is 12.8. The van der Waals surface area contributed by atoms with Crippen LogP contribution in [0.4, 0.5) is 29.3 Å². The second kappa shape index (κ2) is 6.59. The molecule has 1 atom stereocenters. The van der Waals surface area contributed by atoms with Crippen molar-refractivity contribution in [2.75, 3.05) is 11.4 Å². The molecule has 8 heteroatoms. The summed E-state index contributed by atoms with van der Waals surface area (Å²) in [4.78, 5) is 12.8. The third-order valence-corrected chi connectivity index (χ3v) is 4.53. The van der Waals surface area contributed by atoms with Gasteiger partial charge >= 0.3 is 12.3 Å². The Kier molecular flexibility index (Phi) is 4.64. The van der Waals surface area contributed by atoms with Gasteiger partial charge in [0.05, 0.1) is 11.6 Å². The van der Waals surface area contributed by atoms with Crippen LogP contribution in [0.15, 0.2) is 46.9 Å². The molecule has 1 unspecified atom stereocenters. The minimum Gasteiger partial charge on any atom is -0.465 e. The van der Waals surface area contributed by atoms with E-state index >= 15 is 0 Å². The van der Waals surface area contributed by atoms with Crippen LogP contribution < -0.4 is 10.2 Å². The summed E-state index contributed by atoms with van der Waals surface area (Å²) in [6.07, 6.45) is -5.01. The average Bonchev–Trinajstić information content (AvgIpc) is 2.52. The minimum absolute atomic E-state index is 0.340. The van der Waals surface area contributed by atoms with Crippen LogP contribution in [0, 0.1) is 0 Å². The second-order valence-electron chi connectivity index (χ2n) is 5.78. The van der Waals surface area contributed by atoms with Crippen LogP contribution in [-0.4, -0.2) is 23.8 Å². The minimum atomic E-state index is -4.39. The molecule has 0 radical (unpaired) electrons. The third kappa shape index (κ3) is 3.89. The molecule has 2 aromatic carbocycles. The topological polar surface area (TPSA) is 52.6 Å². The Morgan fingerprint density at radius 1 is 1.20 bits per heavy atom. The van der Waals surface area contributed by atoms with Gasteiger partial charge in [-0.3, -0.25) is 0 Å². The second-order valence-corrected chi connectivity index (χ2v) is 6.69. The zero-order valence-electron chi connectivity index (χ0n) is 12.8. The van der Waals surface area contributed by atoms with E-state index in [9.17, 15) is 18.0 Å². The average molecular weight is 415 g/mol. The number of carboxylic acid groups (broad SMARTS) is 1. The van der Waals surface area contributed by atoms with Gasteiger partial charge in [0.1, 0.15) is 0 Å². The number of carbonyl (C=O) groups is 1. The molecule has 0 aliphatic carbocycles. The van der Waals surface area contributed by atoms with Gasteiger partial charge in [0.2, 0.25) is 0 Å². The van der Waals surface area contributed by atoms with Crippen molar-refractivity contribution in [3.8, 4) is 0 Å². The van der Waals surface area contributed by atoms with E-state index in [-0.39, 0.29) is 6.04 Å². The zero-order valence-corrected chi connectivity index (χ0v) is 14.4. The van der Waals surface area contributed by atoms with Gasteiger partial charge in [0.15, 0.2) is 0 Å². The van der Waals surface area contributed by atoms with Gasteiger partial charge < -0.3 is 15.3 Å². The van der Waals surface area contributed by atoms with Gasteiger partial charge in [0.25, 0.3) is 0 Å². The Labute approximate surface area is 150 Å². The first-order chi connectivity index (χ1) is 11.7. The monoisotopic (exact) mass is 414 g/mol. The molecule has 2 aromatic rings. The van der Waals surface area contributed by atoms with Crippen LogP contribution >= 0.6 is 15.9 Å². The fraction of sp³-hybridized carbons (Fsp3) is 0.235. The lowest BCUT2D eigenvalue weighted by atomic mass is 9.97. The van der Waals surface area contributed by atoms with Crippen molar-refractivity contribution in [2.45, 2.75) is 18.6 Å². The SMILES string of the molecule is O=C(O)NC1Cc2cc(Br)ccc2N(c2ccc(C(F)(F)F)cc2)C1. The standard InChI is InChI=1S/C17H14BrF3N2O2/c18-12-3-6-15-10(7-12)8-13(22-16(24)25)9-23(15)14-4-1-11(2-5-14)17(19,20)21/h1-7,13,22H,8-9H2,(H,24,25). The molecule has 0 saturated heterocycles. The molecule has 0 saturated carbocycles. The summed E-state index contributed by atoms with van der Waals surface area (Å²) >= 11 is 3.39. The number of anilines is 2. The normalized spacial score (nSPS) is 17.1. The van der Waals surface area contributed by atoms with Crippen molar-refractivity contribution < 1.29 is 23.1 Å². The van der Waals surface area contributed by atoms with E-state index in [0.717, 1.165) is 27.9 Å². The Morgan fingerprint density at radius 2 is 1.88 bits per heavy atom. The molecule has 1 amide bonds. The number of halogens is 4. The van der Waals surface area contributed by atoms with E-state index in [4.69, 9.17) is 5.11 Å². The molecule has 0 aromatic heterocycles. The zero-order chi connectivity index (χ0) is 18.2. The molecule has 3 rings (SSSR count). The molecular formula is C17H14BrF3N2O2. The number of rotatable bonds is 2. The molecule has 25 heavy (non-hydrogen) atoms. The molecule has 1 aliphatic rings. The number of hydrogen-bond donors (Lipinski definition) is 2. The molecular weight excluding hydrogens is 401 g/mol. The number of fused-ring (bicyclic) bond motifs is 1. The number of alkyl halides is 3. The molecule has 2 N–H and O–H groups in total. The van der Waals surface area contributed by atoms with Gasteiger partial charge in [-0.15, -0.1) is 0 Å². The third-order valence-electron chi connectivity index (χ3n) is 4.04. The fourth-order valence-corrected chi connectivity index (χ4v) is 3.38. The highest BCUT2D eigenvalue weighted by Gasteiger charge is 2.31. The first-order valence-corrected chi connectivity index (χ1v) is 8.26. The van der Waals surface area contributed by atoms with E-state index in [1.54, 1.807) is 0 Å². The van der Waals surface area contributed by atoms with Gasteiger partial charge in [-0.2, -0.15) is 13.2 Å². The van der Waals surface area contributed by atoms with Crippen molar-refractivity contribution in [1.29, 1.82) is 0 Å². The van der Waals surface area contributed by atoms with Crippen LogP contribution in [0.3, 0.4) is 0 Å². The lowest BCUT2D eigenvalue weighted by molar-refractivity contribution is -0.137. The van der Waals surface area contributed by atoms with E-state index in [1.807, 2.05) is 23.1 Å². The Hall–Kier alpha value is -2.22. The molecule has 1 aliphatic heterocycles. The highest BCUT2D eigenvalue weighted by Crippen LogP contribution is 2.37. The van der Waals surface area contributed by atoms with Crippen molar-refractivity contribution in [2.24, 2.45) is 0 Å². The molecule has 1 heterocycles. The summed E-state index contributed by atoms with van der Waals surface area (Å²) in [5.41, 5.74) is 1.63. The van der Waals surface area contributed by atoms with E-state index in [2.05, 4.69) is 21.2 Å². The first kappa shape index (κ1) is 17.6. The van der Waals surface area contributed by atoms with Gasteiger partial charge in [0, 0.05) is 22.4 Å². The highest BCUT2D eigenvalue weighted by atomic mass is 79.9. The van der Waals surface area contributed by atoms with Gasteiger partial charge in [-0.1, -0.05) is 15.9 Å². The number of amides is 1. The van der Waals surface area contributed by atoms with Crippen molar-refractivity contribution in [1.82, 2.24) is 5.32 Å². The van der Waals surface area contributed by atoms with Crippen LogP contribution in [-0.2, 0) is 12.6 Å². The van der Waals surface area contributed by atoms with E-state index in [0.29, 0.717) is 18.7 Å². The van der Waals surface area contributed by atoms with Crippen LogP contribution in [0.1, 0.15) is 11.1 Å². The lowest BCUT2D eigenvalue weighted by Crippen LogP contribution is -2.46. The molecule has 0 spiro atoms. The Balaban J connectivity index is 1.97. The fourth-order valence-electron chi connectivity index (χ4n) is 2.98. The summed E-state index contributed by atoms with van der Waals surface area (Å²) in [7, 11) is 0. The number of nitrogens with zero attached hydrogens (tertiary/aromatic N) is 1. The largest absolute Gasteiger partial charge is 0.465 e. The van der Waals surface area contributed by atoms with Crippen LogP contribution in [0.5, 0.6) is 0 Å². The Bertz CT molecular complexity index is 793. The quantitative estimate of drug-likeness (QED) is 0.741. The summed E-state index contributed by atoms with van der Waals surface area (Å²) < 4.78 is 39.1. The Morgan fingerprint density at radius 3 is 2.48 bits per heavy atom. The van der Waals surface area contributed by atoms with Crippen LogP contribution in [0.2, 0.25) is 0 Å². The first-order valence-electron chi connectivity index (χ1n) is 7.47. The predicted molar refractivity (Wildman–Crippen MR) is 91.2 cm³/mol. The number of nitrogens with one attached hydrogen (secondary N) is 1. The summed E-state index contributed by atoms with van der Waals surface area (Å²) in [6.45, 7) is 0.340. The van der Waals surface area contributed by atoms with Crippen molar-refractivity contribution in [3.05, 3.63) is 58.1 Å². The molecule has 4 nitrogen and oxygen atoms in total. The van der Waals surface area contributed by atoms with Gasteiger partial charge in [-0.25, -0.2) is 4.79 Å². The summed E-state index contributed by atoms with van der Waals surface area (Å²) in [6, 6.07) is 10.1. The smallest absolute Gasteiger partial charge is 0.416 e. The summed E-state index contributed by atoms with van der Waals surface area (Å²) in [5.74, 6) is 0. The maximum atomic E-state index is 12.8. The molecule has 0 bridgehead atoms. The van der Waals surface area contributed by atoms with Crippen LogP contribution in [0.25, 0.3) is 0 Å². The van der Waals surface area contributed by atoms with E-state index < -0.39 is 17.8 Å². The maximum Gasteiger partial charge on any atom is 0.416 e. The molecule has 132 valence electrons.